The lowest BCUT2D eigenvalue weighted by molar-refractivity contribution is 0.184. The molecule has 1 heterocycles. The van der Waals surface area contributed by atoms with E-state index in [0.29, 0.717) is 23.1 Å². The third-order valence-electron chi connectivity index (χ3n) is 2.83. The summed E-state index contributed by atoms with van der Waals surface area (Å²) < 4.78 is 0. The number of nitrogens with zero attached hydrogens (tertiary/aromatic N) is 2. The quantitative estimate of drug-likeness (QED) is 0.876. The van der Waals surface area contributed by atoms with E-state index >= 15 is 0 Å². The maximum atomic E-state index is 9.19. The zero-order valence-corrected chi connectivity index (χ0v) is 13.5. The van der Waals surface area contributed by atoms with Crippen LogP contribution in [0.15, 0.2) is 23.6 Å². The summed E-state index contributed by atoms with van der Waals surface area (Å²) in [5.74, 6) is 0. The molecule has 1 N–H and O–H groups in total. The van der Waals surface area contributed by atoms with E-state index in [0.717, 1.165) is 22.8 Å². The van der Waals surface area contributed by atoms with E-state index < -0.39 is 0 Å². The average molecular weight is 331 g/mol. The van der Waals surface area contributed by atoms with Gasteiger partial charge in [0.25, 0.3) is 0 Å². The van der Waals surface area contributed by atoms with E-state index in [4.69, 9.17) is 23.2 Å². The fourth-order valence-electron chi connectivity index (χ4n) is 1.92. The molecule has 3 nitrogen and oxygen atoms in total. The number of aliphatic hydroxyl groups excluding tert-OH is 1. The van der Waals surface area contributed by atoms with Crippen molar-refractivity contribution < 1.29 is 5.11 Å². The third-order valence-corrected chi connectivity index (χ3v) is 4.52. The Labute approximate surface area is 132 Å². The van der Waals surface area contributed by atoms with E-state index in [9.17, 15) is 5.11 Å². The fraction of sp³-hybridized carbons (Fsp3) is 0.357. The van der Waals surface area contributed by atoms with Crippen molar-refractivity contribution in [1.82, 2.24) is 9.88 Å². The minimum atomic E-state index is 0.117. The smallest absolute Gasteiger partial charge is 0.107 e. The van der Waals surface area contributed by atoms with Crippen LogP contribution in [0.4, 0.5) is 0 Å². The molecule has 20 heavy (non-hydrogen) atoms. The summed E-state index contributed by atoms with van der Waals surface area (Å²) in [6, 6.07) is 5.61. The topological polar surface area (TPSA) is 36.4 Å². The van der Waals surface area contributed by atoms with Gasteiger partial charge < -0.3 is 5.11 Å². The summed E-state index contributed by atoms with van der Waals surface area (Å²) in [6.45, 7) is 4.12. The van der Waals surface area contributed by atoms with Crippen molar-refractivity contribution in [2.24, 2.45) is 0 Å². The van der Waals surface area contributed by atoms with Crippen LogP contribution in [-0.2, 0) is 13.1 Å². The van der Waals surface area contributed by atoms with Gasteiger partial charge in [0.1, 0.15) is 5.01 Å². The molecule has 1 aromatic heterocycles. The molecule has 0 atom stereocenters. The standard InChI is InChI=1S/C14H16Cl2N2OS/c1-10-9-20-14(17-10)8-18(4-5-19)7-11-2-3-12(15)13(16)6-11/h2-3,6,9,19H,4-5,7-8H2,1H3. The molecule has 1 aromatic carbocycles. The zero-order chi connectivity index (χ0) is 14.5. The Kier molecular flexibility index (Phi) is 5.81. The molecule has 2 aromatic rings. The molecule has 0 saturated heterocycles. The van der Waals surface area contributed by atoms with Crippen LogP contribution in [0.3, 0.4) is 0 Å². The summed E-state index contributed by atoms with van der Waals surface area (Å²) >= 11 is 13.6. The van der Waals surface area contributed by atoms with Crippen molar-refractivity contribution in [3.05, 3.63) is 49.9 Å². The van der Waals surface area contributed by atoms with Gasteiger partial charge in [-0.1, -0.05) is 29.3 Å². The Bertz CT molecular complexity index is 574. The molecule has 0 unspecified atom stereocenters. The normalized spacial score (nSPS) is 11.2. The van der Waals surface area contributed by atoms with Crippen molar-refractivity contribution in [2.45, 2.75) is 20.0 Å². The maximum absolute atomic E-state index is 9.19. The van der Waals surface area contributed by atoms with Gasteiger partial charge in [-0.25, -0.2) is 4.98 Å². The first-order chi connectivity index (χ1) is 9.58. The molecule has 0 amide bonds. The van der Waals surface area contributed by atoms with Crippen LogP contribution in [0.2, 0.25) is 10.0 Å². The first-order valence-electron chi connectivity index (χ1n) is 6.26. The molecule has 6 heteroatoms. The number of aliphatic hydroxyl groups is 1. The molecule has 108 valence electrons. The van der Waals surface area contributed by atoms with Gasteiger partial charge in [0.2, 0.25) is 0 Å². The van der Waals surface area contributed by atoms with Crippen LogP contribution in [0.1, 0.15) is 16.3 Å². The van der Waals surface area contributed by atoms with Crippen LogP contribution < -0.4 is 0 Å². The Morgan fingerprint density at radius 1 is 1.25 bits per heavy atom. The molecular formula is C14H16Cl2N2OS. The number of aryl methyl sites for hydroxylation is 1. The highest BCUT2D eigenvalue weighted by molar-refractivity contribution is 7.09. The summed E-state index contributed by atoms with van der Waals surface area (Å²) in [5.41, 5.74) is 2.10. The second-order valence-corrected chi connectivity index (χ2v) is 6.32. The number of rotatable bonds is 6. The minimum absolute atomic E-state index is 0.117. The fourth-order valence-corrected chi connectivity index (χ4v) is 3.05. The lowest BCUT2D eigenvalue weighted by Gasteiger charge is -2.20. The molecule has 0 aliphatic heterocycles. The van der Waals surface area contributed by atoms with Gasteiger partial charge in [-0.2, -0.15) is 0 Å². The predicted octanol–water partition coefficient (Wildman–Crippen LogP) is 3.75. The highest BCUT2D eigenvalue weighted by atomic mass is 35.5. The largest absolute Gasteiger partial charge is 0.395 e. The molecular weight excluding hydrogens is 315 g/mol. The monoisotopic (exact) mass is 330 g/mol. The number of benzene rings is 1. The van der Waals surface area contributed by atoms with Gasteiger partial charge in [-0.15, -0.1) is 11.3 Å². The van der Waals surface area contributed by atoms with Crippen molar-refractivity contribution in [1.29, 1.82) is 0 Å². The SMILES string of the molecule is Cc1csc(CN(CCO)Cc2ccc(Cl)c(Cl)c2)n1. The lowest BCUT2D eigenvalue weighted by atomic mass is 10.2. The van der Waals surface area contributed by atoms with Crippen molar-refractivity contribution in [3.8, 4) is 0 Å². The van der Waals surface area contributed by atoms with Crippen LogP contribution >= 0.6 is 34.5 Å². The Balaban J connectivity index is 2.06. The molecule has 0 aliphatic rings. The highest BCUT2D eigenvalue weighted by Gasteiger charge is 2.10. The van der Waals surface area contributed by atoms with E-state index in [1.54, 1.807) is 17.4 Å². The summed E-state index contributed by atoms with van der Waals surface area (Å²) in [4.78, 5) is 6.59. The minimum Gasteiger partial charge on any atom is -0.395 e. The molecule has 0 fully saturated rings. The molecule has 2 rings (SSSR count). The van der Waals surface area contributed by atoms with Crippen LogP contribution in [0, 0.1) is 6.92 Å². The van der Waals surface area contributed by atoms with E-state index in [1.807, 2.05) is 24.4 Å². The lowest BCUT2D eigenvalue weighted by Crippen LogP contribution is -2.26. The van der Waals surface area contributed by atoms with Gasteiger partial charge in [0.15, 0.2) is 0 Å². The van der Waals surface area contributed by atoms with Crippen LogP contribution in [0.5, 0.6) is 0 Å². The Morgan fingerprint density at radius 2 is 2.05 bits per heavy atom. The number of thiazole rings is 1. The molecule has 0 spiro atoms. The Morgan fingerprint density at radius 3 is 2.65 bits per heavy atom. The summed E-state index contributed by atoms with van der Waals surface area (Å²) in [6.07, 6.45) is 0. The summed E-state index contributed by atoms with van der Waals surface area (Å²) in [7, 11) is 0. The molecule has 0 bridgehead atoms. The van der Waals surface area contributed by atoms with Gasteiger partial charge in [0.05, 0.1) is 23.2 Å². The van der Waals surface area contributed by atoms with Crippen LogP contribution in [0.25, 0.3) is 0 Å². The number of aromatic nitrogens is 1. The van der Waals surface area contributed by atoms with E-state index in [2.05, 4.69) is 9.88 Å². The molecule has 0 radical (unpaired) electrons. The predicted molar refractivity (Wildman–Crippen MR) is 84.5 cm³/mol. The van der Waals surface area contributed by atoms with Crippen molar-refractivity contribution in [3.63, 3.8) is 0 Å². The van der Waals surface area contributed by atoms with Crippen molar-refractivity contribution >= 4 is 34.5 Å². The first-order valence-corrected chi connectivity index (χ1v) is 7.90. The summed E-state index contributed by atoms with van der Waals surface area (Å²) in [5, 5.41) is 13.4. The van der Waals surface area contributed by atoms with Gasteiger partial charge in [-0.05, 0) is 24.6 Å². The number of halogens is 2. The second kappa shape index (κ2) is 7.38. The maximum Gasteiger partial charge on any atom is 0.107 e. The van der Waals surface area contributed by atoms with E-state index in [-0.39, 0.29) is 6.61 Å². The van der Waals surface area contributed by atoms with Crippen molar-refractivity contribution in [2.75, 3.05) is 13.2 Å². The van der Waals surface area contributed by atoms with Gasteiger partial charge in [0, 0.05) is 24.2 Å². The third kappa shape index (κ3) is 4.43. The number of hydrogen-bond donors (Lipinski definition) is 1. The van der Waals surface area contributed by atoms with Gasteiger partial charge in [-0.3, -0.25) is 4.90 Å². The Hall–Kier alpha value is -0.650. The van der Waals surface area contributed by atoms with Gasteiger partial charge >= 0.3 is 0 Å². The zero-order valence-electron chi connectivity index (χ0n) is 11.1. The number of hydrogen-bond acceptors (Lipinski definition) is 4. The highest BCUT2D eigenvalue weighted by Crippen LogP contribution is 2.23. The van der Waals surface area contributed by atoms with Crippen LogP contribution in [-0.4, -0.2) is 28.1 Å². The average Bonchev–Trinajstić information content (AvgIpc) is 2.80. The molecule has 0 saturated carbocycles. The molecule has 0 aliphatic carbocycles. The second-order valence-electron chi connectivity index (χ2n) is 4.57. The first kappa shape index (κ1) is 15.7. The van der Waals surface area contributed by atoms with E-state index in [1.165, 1.54) is 0 Å².